The number of nitro benzene ring substituents is 1. The molecular formula is C9H7ClN4O2S. The number of nitro groups is 1. The van der Waals surface area contributed by atoms with Crippen LogP contribution in [-0.2, 0) is 7.05 Å². The highest BCUT2D eigenvalue weighted by molar-refractivity contribution is 7.71. The SMILES string of the molecule is Cn1c(-c2c(Cl)cccc2[N+](=O)[O-])n[nH]c1=S. The van der Waals surface area contributed by atoms with Crippen molar-refractivity contribution in [2.75, 3.05) is 0 Å². The van der Waals surface area contributed by atoms with Crippen LogP contribution in [0, 0.1) is 14.9 Å². The lowest BCUT2D eigenvalue weighted by Crippen LogP contribution is -1.98. The third kappa shape index (κ3) is 1.94. The largest absolute Gasteiger partial charge is 0.303 e. The summed E-state index contributed by atoms with van der Waals surface area (Å²) in [6.07, 6.45) is 0. The topological polar surface area (TPSA) is 76.8 Å². The van der Waals surface area contributed by atoms with Crippen LogP contribution in [0.25, 0.3) is 11.4 Å². The minimum Gasteiger partial charge on any atom is -0.303 e. The van der Waals surface area contributed by atoms with Crippen molar-refractivity contribution in [1.29, 1.82) is 0 Å². The van der Waals surface area contributed by atoms with Crippen LogP contribution in [0.3, 0.4) is 0 Å². The standard InChI is InChI=1S/C9H7ClN4O2S/c1-13-8(11-12-9(13)17)7-5(10)3-2-4-6(7)14(15)16/h2-4H,1H3,(H,12,17). The van der Waals surface area contributed by atoms with E-state index in [9.17, 15) is 10.1 Å². The number of aromatic amines is 1. The fourth-order valence-corrected chi connectivity index (χ4v) is 1.84. The number of aromatic nitrogens is 3. The van der Waals surface area contributed by atoms with Crippen LogP contribution >= 0.6 is 23.8 Å². The third-order valence-electron chi connectivity index (χ3n) is 2.29. The molecule has 88 valence electrons. The average Bonchev–Trinajstić information content (AvgIpc) is 2.60. The van der Waals surface area contributed by atoms with Gasteiger partial charge in [-0.2, -0.15) is 5.10 Å². The van der Waals surface area contributed by atoms with E-state index in [0.717, 1.165) is 0 Å². The summed E-state index contributed by atoms with van der Waals surface area (Å²) in [4.78, 5) is 10.4. The maximum Gasteiger partial charge on any atom is 0.281 e. The van der Waals surface area contributed by atoms with Crippen LogP contribution < -0.4 is 0 Å². The molecular weight excluding hydrogens is 264 g/mol. The Labute approximate surface area is 106 Å². The molecule has 2 rings (SSSR count). The van der Waals surface area contributed by atoms with Crippen LogP contribution in [0.2, 0.25) is 5.02 Å². The van der Waals surface area contributed by atoms with Crippen LogP contribution in [0.4, 0.5) is 5.69 Å². The van der Waals surface area contributed by atoms with E-state index in [-0.39, 0.29) is 16.3 Å². The molecule has 2 aromatic rings. The van der Waals surface area contributed by atoms with Gasteiger partial charge in [-0.3, -0.25) is 15.2 Å². The first-order valence-corrected chi connectivity index (χ1v) is 5.35. The Morgan fingerprint density at radius 1 is 1.59 bits per heavy atom. The summed E-state index contributed by atoms with van der Waals surface area (Å²) in [5.74, 6) is 0.340. The zero-order valence-corrected chi connectivity index (χ0v) is 10.2. The number of nitrogens with zero attached hydrogens (tertiary/aromatic N) is 3. The maximum atomic E-state index is 10.9. The van der Waals surface area contributed by atoms with Crippen molar-refractivity contribution in [1.82, 2.24) is 14.8 Å². The smallest absolute Gasteiger partial charge is 0.281 e. The molecule has 0 amide bonds. The number of hydrogen-bond acceptors (Lipinski definition) is 4. The fourth-order valence-electron chi connectivity index (χ4n) is 1.46. The van der Waals surface area contributed by atoms with E-state index in [1.165, 1.54) is 16.7 Å². The van der Waals surface area contributed by atoms with Gasteiger partial charge in [0.2, 0.25) is 0 Å². The molecule has 0 saturated carbocycles. The lowest BCUT2D eigenvalue weighted by atomic mass is 10.1. The molecule has 0 saturated heterocycles. The van der Waals surface area contributed by atoms with Gasteiger partial charge in [0.15, 0.2) is 10.6 Å². The second-order valence-corrected chi connectivity index (χ2v) is 4.10. The first-order chi connectivity index (χ1) is 8.02. The molecule has 1 aromatic heterocycles. The molecule has 0 radical (unpaired) electrons. The molecule has 0 spiro atoms. The summed E-state index contributed by atoms with van der Waals surface area (Å²) in [5.41, 5.74) is 0.156. The lowest BCUT2D eigenvalue weighted by molar-refractivity contribution is -0.384. The van der Waals surface area contributed by atoms with E-state index in [1.54, 1.807) is 13.1 Å². The number of H-pyrrole nitrogens is 1. The predicted molar refractivity (Wildman–Crippen MR) is 65.5 cm³/mol. The Kier molecular flexibility index (Phi) is 2.95. The molecule has 0 unspecified atom stereocenters. The summed E-state index contributed by atoms with van der Waals surface area (Å²) in [7, 11) is 1.66. The van der Waals surface area contributed by atoms with Crippen molar-refractivity contribution in [2.24, 2.45) is 7.05 Å². The molecule has 0 aliphatic rings. The normalized spacial score (nSPS) is 10.5. The van der Waals surface area contributed by atoms with E-state index >= 15 is 0 Å². The summed E-state index contributed by atoms with van der Waals surface area (Å²) < 4.78 is 1.90. The Bertz CT molecular complexity index is 649. The molecule has 1 heterocycles. The Morgan fingerprint density at radius 2 is 2.29 bits per heavy atom. The van der Waals surface area contributed by atoms with Crippen molar-refractivity contribution in [3.63, 3.8) is 0 Å². The second-order valence-electron chi connectivity index (χ2n) is 3.30. The van der Waals surface area contributed by atoms with Crippen molar-refractivity contribution < 1.29 is 4.92 Å². The molecule has 1 aromatic carbocycles. The van der Waals surface area contributed by atoms with Crippen LogP contribution in [0.5, 0.6) is 0 Å². The molecule has 6 nitrogen and oxygen atoms in total. The zero-order valence-electron chi connectivity index (χ0n) is 8.68. The number of nitrogens with one attached hydrogen (secondary N) is 1. The minimum atomic E-state index is -0.501. The van der Waals surface area contributed by atoms with Crippen molar-refractivity contribution >= 4 is 29.5 Å². The molecule has 0 atom stereocenters. The van der Waals surface area contributed by atoms with E-state index in [4.69, 9.17) is 23.8 Å². The van der Waals surface area contributed by atoms with Gasteiger partial charge in [-0.25, -0.2) is 0 Å². The maximum absolute atomic E-state index is 10.9. The quantitative estimate of drug-likeness (QED) is 0.517. The Balaban J connectivity index is 2.79. The summed E-state index contributed by atoms with van der Waals surface area (Å²) >= 11 is 10.9. The van der Waals surface area contributed by atoms with Crippen LogP contribution in [0.15, 0.2) is 18.2 Å². The molecule has 17 heavy (non-hydrogen) atoms. The van der Waals surface area contributed by atoms with Crippen LogP contribution in [-0.4, -0.2) is 19.7 Å². The van der Waals surface area contributed by atoms with Crippen molar-refractivity contribution in [3.8, 4) is 11.4 Å². The highest BCUT2D eigenvalue weighted by Crippen LogP contribution is 2.34. The van der Waals surface area contributed by atoms with Gasteiger partial charge >= 0.3 is 0 Å². The second kappa shape index (κ2) is 4.27. The first kappa shape index (κ1) is 11.7. The number of rotatable bonds is 2. The van der Waals surface area contributed by atoms with E-state index in [1.807, 2.05) is 0 Å². The molecule has 8 heteroatoms. The van der Waals surface area contributed by atoms with Gasteiger partial charge in [-0.05, 0) is 18.3 Å². The Hall–Kier alpha value is -1.73. The number of benzene rings is 1. The van der Waals surface area contributed by atoms with Crippen molar-refractivity contribution in [2.45, 2.75) is 0 Å². The average molecular weight is 271 g/mol. The number of hydrogen-bond donors (Lipinski definition) is 1. The summed E-state index contributed by atoms with van der Waals surface area (Å²) in [6.45, 7) is 0. The highest BCUT2D eigenvalue weighted by atomic mass is 35.5. The van der Waals surface area contributed by atoms with Gasteiger partial charge in [0.1, 0.15) is 5.56 Å². The summed E-state index contributed by atoms with van der Waals surface area (Å²) in [6, 6.07) is 4.46. The monoisotopic (exact) mass is 270 g/mol. The molecule has 0 bridgehead atoms. The summed E-state index contributed by atoms with van der Waals surface area (Å²) in [5, 5.41) is 17.7. The van der Waals surface area contributed by atoms with Gasteiger partial charge in [0.05, 0.1) is 9.95 Å². The van der Waals surface area contributed by atoms with Gasteiger partial charge in [-0.1, -0.05) is 17.7 Å². The third-order valence-corrected chi connectivity index (χ3v) is 2.97. The highest BCUT2D eigenvalue weighted by Gasteiger charge is 2.22. The predicted octanol–water partition coefficient (Wildman–Crippen LogP) is 2.71. The van der Waals surface area contributed by atoms with Gasteiger partial charge < -0.3 is 4.57 Å². The van der Waals surface area contributed by atoms with Gasteiger partial charge in [-0.15, -0.1) is 0 Å². The van der Waals surface area contributed by atoms with Crippen LogP contribution in [0.1, 0.15) is 0 Å². The molecule has 1 N–H and O–H groups in total. The zero-order chi connectivity index (χ0) is 12.6. The molecule has 0 aliphatic heterocycles. The van der Waals surface area contributed by atoms with Gasteiger partial charge in [0, 0.05) is 13.1 Å². The Morgan fingerprint density at radius 3 is 2.82 bits per heavy atom. The van der Waals surface area contributed by atoms with Gasteiger partial charge in [0.25, 0.3) is 5.69 Å². The van der Waals surface area contributed by atoms with E-state index in [0.29, 0.717) is 10.6 Å². The molecule has 0 aliphatic carbocycles. The minimum absolute atomic E-state index is 0.102. The molecule has 0 fully saturated rings. The lowest BCUT2D eigenvalue weighted by Gasteiger charge is -2.04. The first-order valence-electron chi connectivity index (χ1n) is 4.57. The number of halogens is 1. The van der Waals surface area contributed by atoms with Crippen molar-refractivity contribution in [3.05, 3.63) is 38.1 Å². The van der Waals surface area contributed by atoms with E-state index in [2.05, 4.69) is 10.2 Å². The fraction of sp³-hybridized carbons (Fsp3) is 0.111. The van der Waals surface area contributed by atoms with E-state index < -0.39 is 4.92 Å².